The van der Waals surface area contributed by atoms with Crippen LogP contribution < -0.4 is 14.2 Å². The van der Waals surface area contributed by atoms with Crippen LogP contribution in [0.15, 0.2) is 85.2 Å². The minimum absolute atomic E-state index is 0.239. The Bertz CT molecular complexity index is 1850. The molecule has 0 aliphatic carbocycles. The molecule has 1 aliphatic rings. The second-order valence-corrected chi connectivity index (χ2v) is 9.46. The van der Waals surface area contributed by atoms with Crippen LogP contribution in [-0.4, -0.2) is 33.8 Å². The van der Waals surface area contributed by atoms with Crippen LogP contribution in [0.5, 0.6) is 23.1 Å². The molecule has 1 unspecified atom stereocenters. The molecule has 7 rings (SSSR count). The number of aromatic nitrogens is 4. The summed E-state index contributed by atoms with van der Waals surface area (Å²) in [7, 11) is 3.27. The van der Waals surface area contributed by atoms with E-state index in [1.807, 2.05) is 54.6 Å². The van der Waals surface area contributed by atoms with E-state index in [4.69, 9.17) is 35.9 Å². The van der Waals surface area contributed by atoms with E-state index in [0.29, 0.717) is 33.9 Å². The highest BCUT2D eigenvalue weighted by Gasteiger charge is 2.34. The summed E-state index contributed by atoms with van der Waals surface area (Å²) in [5.74, 6) is 2.92. The molecule has 6 aromatic rings. The molecule has 3 heterocycles. The van der Waals surface area contributed by atoms with Gasteiger partial charge in [0, 0.05) is 27.5 Å². The van der Waals surface area contributed by atoms with E-state index in [-0.39, 0.29) is 5.92 Å². The largest absolute Gasteiger partial charge is 0.493 e. The zero-order chi connectivity index (χ0) is 25.8. The molecule has 186 valence electrons. The molecule has 1 atom stereocenters. The highest BCUT2D eigenvalue weighted by molar-refractivity contribution is 6.30. The van der Waals surface area contributed by atoms with Crippen molar-refractivity contribution < 1.29 is 14.2 Å². The van der Waals surface area contributed by atoms with Gasteiger partial charge in [-0.25, -0.2) is 14.5 Å². The Morgan fingerprint density at radius 3 is 2.53 bits per heavy atom. The van der Waals surface area contributed by atoms with Crippen LogP contribution in [0.2, 0.25) is 5.02 Å². The number of nitrogens with zero attached hydrogens (tertiary/aromatic N) is 4. The van der Waals surface area contributed by atoms with Gasteiger partial charge in [0.1, 0.15) is 12.1 Å². The summed E-state index contributed by atoms with van der Waals surface area (Å²) >= 11 is 6.10. The summed E-state index contributed by atoms with van der Waals surface area (Å²) in [5.41, 5.74) is 4.36. The lowest BCUT2D eigenvalue weighted by Gasteiger charge is -2.29. The first kappa shape index (κ1) is 22.6. The Labute approximate surface area is 223 Å². The Hall–Kier alpha value is -4.62. The van der Waals surface area contributed by atoms with Crippen molar-refractivity contribution in [1.82, 2.24) is 19.6 Å². The third-order valence-corrected chi connectivity index (χ3v) is 7.19. The van der Waals surface area contributed by atoms with Gasteiger partial charge >= 0.3 is 0 Å². The molecule has 4 aromatic carbocycles. The smallest absolute Gasteiger partial charge is 0.228 e. The summed E-state index contributed by atoms with van der Waals surface area (Å²) in [6, 6.07) is 25.8. The van der Waals surface area contributed by atoms with Gasteiger partial charge in [-0.15, -0.1) is 5.10 Å². The second-order valence-electron chi connectivity index (χ2n) is 9.03. The summed E-state index contributed by atoms with van der Waals surface area (Å²) < 4.78 is 19.4. The highest BCUT2D eigenvalue weighted by atomic mass is 35.5. The fraction of sp³-hybridized carbons (Fsp3) is 0.100. The molecule has 0 radical (unpaired) electrons. The SMILES string of the molecule is COc1ccc(C2c3ccc4ccccc4c3Oc3ncn4nc(-c5ccc(Cl)cc5)nc4c32)cc1OC. The zero-order valence-electron chi connectivity index (χ0n) is 20.6. The zero-order valence-corrected chi connectivity index (χ0v) is 21.3. The van der Waals surface area contributed by atoms with Crippen LogP contribution in [0.3, 0.4) is 0 Å². The lowest BCUT2D eigenvalue weighted by Crippen LogP contribution is -2.15. The first-order valence-electron chi connectivity index (χ1n) is 12.1. The number of ether oxygens (including phenoxy) is 3. The number of rotatable bonds is 4. The third-order valence-electron chi connectivity index (χ3n) is 6.94. The Balaban J connectivity index is 1.50. The number of methoxy groups -OCH3 is 2. The lowest BCUT2D eigenvalue weighted by molar-refractivity contribution is 0.354. The van der Waals surface area contributed by atoms with E-state index in [1.54, 1.807) is 25.1 Å². The predicted octanol–water partition coefficient (Wildman–Crippen LogP) is 6.90. The van der Waals surface area contributed by atoms with Crippen LogP contribution >= 0.6 is 11.6 Å². The number of fused-ring (bicyclic) bond motifs is 6. The fourth-order valence-corrected chi connectivity index (χ4v) is 5.27. The molecule has 0 saturated carbocycles. The van der Waals surface area contributed by atoms with Crippen molar-refractivity contribution in [2.45, 2.75) is 5.92 Å². The number of hydrogen-bond donors (Lipinski definition) is 0. The Morgan fingerprint density at radius 1 is 0.895 bits per heavy atom. The summed E-state index contributed by atoms with van der Waals surface area (Å²) in [5, 5.41) is 7.48. The maximum Gasteiger partial charge on any atom is 0.228 e. The molecule has 0 fully saturated rings. The van der Waals surface area contributed by atoms with Gasteiger partial charge in [-0.05, 0) is 47.3 Å². The highest BCUT2D eigenvalue weighted by Crippen LogP contribution is 2.51. The lowest BCUT2D eigenvalue weighted by atomic mass is 9.82. The number of halogens is 1. The van der Waals surface area contributed by atoms with Crippen molar-refractivity contribution in [2.75, 3.05) is 14.2 Å². The van der Waals surface area contributed by atoms with E-state index in [2.05, 4.69) is 29.2 Å². The maximum absolute atomic E-state index is 6.52. The molecule has 8 heteroatoms. The number of benzene rings is 4. The summed E-state index contributed by atoms with van der Waals surface area (Å²) in [4.78, 5) is 9.63. The van der Waals surface area contributed by atoms with Crippen molar-refractivity contribution in [3.05, 3.63) is 107 Å². The standard InChI is InChI=1S/C30H21ClN4O3/c1-36-23-14-10-19(15-24(23)37-2)25-22-13-9-17-5-3-4-6-21(17)27(22)38-30-26(25)29-33-28(34-35(29)16-32-30)18-7-11-20(31)12-8-18/h3-16,25H,1-2H3. The molecular formula is C30H21ClN4O3. The molecule has 1 aliphatic heterocycles. The quantitative estimate of drug-likeness (QED) is 0.251. The first-order chi connectivity index (χ1) is 18.6. The summed E-state index contributed by atoms with van der Waals surface area (Å²) in [6.07, 6.45) is 1.64. The molecule has 0 spiro atoms. The van der Waals surface area contributed by atoms with E-state index in [1.165, 1.54) is 0 Å². The molecule has 7 nitrogen and oxygen atoms in total. The minimum Gasteiger partial charge on any atom is -0.493 e. The van der Waals surface area contributed by atoms with Gasteiger partial charge in [0.2, 0.25) is 5.88 Å². The second kappa shape index (κ2) is 8.75. The van der Waals surface area contributed by atoms with Gasteiger partial charge in [0.25, 0.3) is 0 Å². The number of hydrogen-bond acceptors (Lipinski definition) is 6. The average molecular weight is 521 g/mol. The van der Waals surface area contributed by atoms with Crippen molar-refractivity contribution in [3.8, 4) is 34.5 Å². The predicted molar refractivity (Wildman–Crippen MR) is 146 cm³/mol. The van der Waals surface area contributed by atoms with Gasteiger partial charge in [0.05, 0.1) is 19.8 Å². The molecule has 0 bridgehead atoms. The monoisotopic (exact) mass is 520 g/mol. The van der Waals surface area contributed by atoms with Crippen LogP contribution in [0.4, 0.5) is 0 Å². The van der Waals surface area contributed by atoms with E-state index < -0.39 is 0 Å². The van der Waals surface area contributed by atoms with Gasteiger partial charge in [-0.3, -0.25) is 0 Å². The Morgan fingerprint density at radius 2 is 1.71 bits per heavy atom. The van der Waals surface area contributed by atoms with Crippen molar-refractivity contribution in [3.63, 3.8) is 0 Å². The van der Waals surface area contributed by atoms with Gasteiger partial charge in [0.15, 0.2) is 23.0 Å². The normalized spacial score (nSPS) is 14.1. The molecular weight excluding hydrogens is 500 g/mol. The van der Waals surface area contributed by atoms with Crippen molar-refractivity contribution in [1.29, 1.82) is 0 Å². The minimum atomic E-state index is -0.239. The third kappa shape index (κ3) is 3.47. The molecule has 0 N–H and O–H groups in total. The van der Waals surface area contributed by atoms with Crippen LogP contribution in [0.25, 0.3) is 27.8 Å². The Kier molecular flexibility index (Phi) is 5.19. The van der Waals surface area contributed by atoms with E-state index in [9.17, 15) is 0 Å². The van der Waals surface area contributed by atoms with Crippen LogP contribution in [0, 0.1) is 0 Å². The average Bonchev–Trinajstić information content (AvgIpc) is 3.40. The van der Waals surface area contributed by atoms with Gasteiger partial charge in [-0.1, -0.05) is 54.1 Å². The molecule has 38 heavy (non-hydrogen) atoms. The molecule has 2 aromatic heterocycles. The topological polar surface area (TPSA) is 70.8 Å². The summed E-state index contributed by atoms with van der Waals surface area (Å²) in [6.45, 7) is 0. The maximum atomic E-state index is 6.52. The molecule has 0 saturated heterocycles. The van der Waals surface area contributed by atoms with Crippen molar-refractivity contribution >= 4 is 28.0 Å². The van der Waals surface area contributed by atoms with Crippen LogP contribution in [-0.2, 0) is 0 Å². The van der Waals surface area contributed by atoms with Crippen LogP contribution in [0.1, 0.15) is 22.6 Å². The van der Waals surface area contributed by atoms with Gasteiger partial charge < -0.3 is 14.2 Å². The molecule has 0 amide bonds. The van der Waals surface area contributed by atoms with Gasteiger partial charge in [-0.2, -0.15) is 0 Å². The van der Waals surface area contributed by atoms with E-state index >= 15 is 0 Å². The van der Waals surface area contributed by atoms with E-state index in [0.717, 1.165) is 38.8 Å². The first-order valence-corrected chi connectivity index (χ1v) is 12.4. The van der Waals surface area contributed by atoms with Crippen molar-refractivity contribution in [2.24, 2.45) is 0 Å². The fourth-order valence-electron chi connectivity index (χ4n) is 5.15.